The van der Waals surface area contributed by atoms with E-state index >= 15 is 0 Å². The number of rotatable bonds is 4. The Bertz CT molecular complexity index is 659. The number of non-ortho nitro benzene ring substituents is 1. The van der Waals surface area contributed by atoms with Gasteiger partial charge in [0.1, 0.15) is 11.6 Å². The van der Waals surface area contributed by atoms with Gasteiger partial charge in [-0.05, 0) is 6.08 Å². The SMILES string of the molecule is COc1cc([N+](=O)[O-])cc(/C=C(/C#N)C(=O)N(C)C)c1O. The van der Waals surface area contributed by atoms with Crippen molar-refractivity contribution < 1.29 is 19.6 Å². The van der Waals surface area contributed by atoms with E-state index in [1.807, 2.05) is 0 Å². The van der Waals surface area contributed by atoms with Crippen molar-refractivity contribution in [2.75, 3.05) is 21.2 Å². The number of phenols is 1. The standard InChI is InChI=1S/C13H13N3O5/c1-15(2)13(18)9(7-14)4-8-5-10(16(19)20)6-11(21-3)12(8)17/h4-6,17H,1-3H3/b9-4-. The molecule has 1 aromatic carbocycles. The van der Waals surface area contributed by atoms with Gasteiger partial charge in [-0.25, -0.2) is 0 Å². The summed E-state index contributed by atoms with van der Waals surface area (Å²) >= 11 is 0. The third-order valence-corrected chi connectivity index (χ3v) is 2.58. The van der Waals surface area contributed by atoms with E-state index in [2.05, 4.69) is 0 Å². The number of nitrogens with zero attached hydrogens (tertiary/aromatic N) is 3. The van der Waals surface area contributed by atoms with Gasteiger partial charge in [0.05, 0.1) is 18.1 Å². The Hall–Kier alpha value is -3.08. The van der Waals surface area contributed by atoms with Crippen molar-refractivity contribution in [1.29, 1.82) is 5.26 Å². The number of carbonyl (C=O) groups excluding carboxylic acids is 1. The number of phenolic OH excluding ortho intramolecular Hbond substituents is 1. The van der Waals surface area contributed by atoms with Gasteiger partial charge in [-0.15, -0.1) is 0 Å². The first-order valence-corrected chi connectivity index (χ1v) is 5.70. The molecule has 0 saturated carbocycles. The first-order valence-electron chi connectivity index (χ1n) is 5.70. The Kier molecular flexibility index (Phi) is 4.86. The lowest BCUT2D eigenvalue weighted by Crippen LogP contribution is -2.22. The number of ether oxygens (including phenoxy) is 1. The van der Waals surface area contributed by atoms with Crippen molar-refractivity contribution in [2.24, 2.45) is 0 Å². The normalized spacial score (nSPS) is 10.7. The van der Waals surface area contributed by atoms with Crippen molar-refractivity contribution in [2.45, 2.75) is 0 Å². The maximum absolute atomic E-state index is 11.8. The molecule has 0 radical (unpaired) electrons. The van der Waals surface area contributed by atoms with E-state index in [0.29, 0.717) is 0 Å². The Balaban J connectivity index is 3.48. The maximum Gasteiger partial charge on any atom is 0.274 e. The van der Waals surface area contributed by atoms with Crippen molar-refractivity contribution in [1.82, 2.24) is 4.90 Å². The van der Waals surface area contributed by atoms with Crippen LogP contribution in [0.1, 0.15) is 5.56 Å². The molecule has 1 amide bonds. The summed E-state index contributed by atoms with van der Waals surface area (Å²) in [5.41, 5.74) is -0.642. The minimum Gasteiger partial charge on any atom is -0.504 e. The van der Waals surface area contributed by atoms with Gasteiger partial charge in [-0.2, -0.15) is 5.26 Å². The smallest absolute Gasteiger partial charge is 0.274 e. The summed E-state index contributed by atoms with van der Waals surface area (Å²) < 4.78 is 4.84. The fourth-order valence-electron chi connectivity index (χ4n) is 1.52. The molecular formula is C13H13N3O5. The number of hydrogen-bond donors (Lipinski definition) is 1. The molecule has 0 aliphatic heterocycles. The molecule has 0 aromatic heterocycles. The highest BCUT2D eigenvalue weighted by Crippen LogP contribution is 2.35. The van der Waals surface area contributed by atoms with Crippen molar-refractivity contribution in [3.8, 4) is 17.6 Å². The van der Waals surface area contributed by atoms with Crippen LogP contribution in [0.15, 0.2) is 17.7 Å². The summed E-state index contributed by atoms with van der Waals surface area (Å²) in [6, 6.07) is 3.79. The number of nitro groups is 1. The summed E-state index contributed by atoms with van der Waals surface area (Å²) in [5, 5.41) is 29.8. The zero-order valence-electron chi connectivity index (χ0n) is 11.7. The van der Waals surface area contributed by atoms with Crippen molar-refractivity contribution >= 4 is 17.7 Å². The molecule has 0 fully saturated rings. The topological polar surface area (TPSA) is 117 Å². The number of methoxy groups -OCH3 is 1. The monoisotopic (exact) mass is 291 g/mol. The molecule has 0 spiro atoms. The zero-order valence-corrected chi connectivity index (χ0v) is 11.7. The molecule has 0 saturated heterocycles. The van der Waals surface area contributed by atoms with Gasteiger partial charge in [-0.3, -0.25) is 14.9 Å². The fraction of sp³-hybridized carbons (Fsp3) is 0.231. The largest absolute Gasteiger partial charge is 0.504 e. The number of aromatic hydroxyl groups is 1. The molecule has 110 valence electrons. The second-order valence-corrected chi connectivity index (χ2v) is 4.21. The van der Waals surface area contributed by atoms with Gasteiger partial charge < -0.3 is 14.7 Å². The van der Waals surface area contributed by atoms with Crippen LogP contribution in [0, 0.1) is 21.4 Å². The summed E-state index contributed by atoms with van der Waals surface area (Å²) in [7, 11) is 4.16. The average molecular weight is 291 g/mol. The van der Waals surface area contributed by atoms with E-state index in [1.165, 1.54) is 26.1 Å². The van der Waals surface area contributed by atoms with Gasteiger partial charge in [0.25, 0.3) is 11.6 Å². The molecule has 0 aliphatic rings. The highest BCUT2D eigenvalue weighted by molar-refractivity contribution is 6.01. The first kappa shape index (κ1) is 16.0. The lowest BCUT2D eigenvalue weighted by molar-refractivity contribution is -0.385. The Labute approximate surface area is 120 Å². The van der Waals surface area contributed by atoms with Gasteiger partial charge in [0.15, 0.2) is 11.5 Å². The van der Waals surface area contributed by atoms with Gasteiger partial charge in [0, 0.05) is 25.7 Å². The number of amides is 1. The fourth-order valence-corrected chi connectivity index (χ4v) is 1.52. The van der Waals surface area contributed by atoms with Crippen LogP contribution in [0.25, 0.3) is 6.08 Å². The molecule has 1 N–H and O–H groups in total. The second kappa shape index (κ2) is 6.38. The van der Waals surface area contributed by atoms with Crippen LogP contribution in [0.4, 0.5) is 5.69 Å². The summed E-state index contributed by atoms with van der Waals surface area (Å²) in [4.78, 5) is 23.1. The van der Waals surface area contributed by atoms with Crippen LogP contribution in [0.3, 0.4) is 0 Å². The van der Waals surface area contributed by atoms with E-state index in [4.69, 9.17) is 10.00 Å². The summed E-state index contributed by atoms with van der Waals surface area (Å²) in [6.45, 7) is 0. The van der Waals surface area contributed by atoms with Gasteiger partial charge >= 0.3 is 0 Å². The molecule has 8 nitrogen and oxygen atoms in total. The Morgan fingerprint density at radius 2 is 2.14 bits per heavy atom. The van der Waals surface area contributed by atoms with E-state index in [9.17, 15) is 20.0 Å². The molecule has 0 aliphatic carbocycles. The number of carbonyl (C=O) groups is 1. The molecule has 0 atom stereocenters. The number of benzene rings is 1. The van der Waals surface area contributed by atoms with E-state index < -0.39 is 10.8 Å². The van der Waals surface area contributed by atoms with Crippen LogP contribution in [-0.2, 0) is 4.79 Å². The van der Waals surface area contributed by atoms with E-state index in [1.54, 1.807) is 6.07 Å². The third-order valence-electron chi connectivity index (χ3n) is 2.58. The molecule has 0 unspecified atom stereocenters. The zero-order chi connectivity index (χ0) is 16.2. The molecular weight excluding hydrogens is 278 g/mol. The van der Waals surface area contributed by atoms with E-state index in [-0.39, 0.29) is 28.3 Å². The maximum atomic E-state index is 11.8. The minimum absolute atomic E-state index is 0.0483. The van der Waals surface area contributed by atoms with Crippen LogP contribution in [-0.4, -0.2) is 42.0 Å². The van der Waals surface area contributed by atoms with Crippen molar-refractivity contribution in [3.63, 3.8) is 0 Å². The quantitative estimate of drug-likeness (QED) is 0.387. The molecule has 8 heteroatoms. The highest BCUT2D eigenvalue weighted by Gasteiger charge is 2.18. The number of hydrogen-bond acceptors (Lipinski definition) is 6. The molecule has 0 heterocycles. The molecule has 1 aromatic rings. The highest BCUT2D eigenvalue weighted by atomic mass is 16.6. The lowest BCUT2D eigenvalue weighted by atomic mass is 10.1. The van der Waals surface area contributed by atoms with Gasteiger partial charge in [0.2, 0.25) is 0 Å². The number of likely N-dealkylation sites (N-methyl/N-ethyl adjacent to an activating group) is 1. The second-order valence-electron chi connectivity index (χ2n) is 4.21. The predicted molar refractivity (Wildman–Crippen MR) is 73.6 cm³/mol. The number of nitro benzene ring substituents is 1. The van der Waals surface area contributed by atoms with E-state index in [0.717, 1.165) is 18.2 Å². The van der Waals surface area contributed by atoms with Crippen LogP contribution >= 0.6 is 0 Å². The summed E-state index contributed by atoms with van der Waals surface area (Å²) in [6.07, 6.45) is 1.08. The number of nitriles is 1. The third kappa shape index (κ3) is 3.48. The predicted octanol–water partition coefficient (Wildman–Crippen LogP) is 1.30. The molecule has 0 bridgehead atoms. The average Bonchev–Trinajstić information content (AvgIpc) is 2.45. The van der Waals surface area contributed by atoms with Crippen molar-refractivity contribution in [3.05, 3.63) is 33.4 Å². The summed E-state index contributed by atoms with van der Waals surface area (Å²) in [5.74, 6) is -1.09. The lowest BCUT2D eigenvalue weighted by Gasteiger charge is -2.10. The van der Waals surface area contributed by atoms with Crippen LogP contribution in [0.5, 0.6) is 11.5 Å². The van der Waals surface area contributed by atoms with Crippen LogP contribution < -0.4 is 4.74 Å². The molecule has 1 rings (SSSR count). The minimum atomic E-state index is -0.668. The van der Waals surface area contributed by atoms with Crippen LogP contribution in [0.2, 0.25) is 0 Å². The first-order chi connectivity index (χ1) is 9.81. The van der Waals surface area contributed by atoms with Gasteiger partial charge in [-0.1, -0.05) is 0 Å². The Morgan fingerprint density at radius 1 is 1.52 bits per heavy atom. The Morgan fingerprint density at radius 3 is 2.57 bits per heavy atom. The molecule has 21 heavy (non-hydrogen) atoms.